The number of carbonyl (C=O) groups is 3. The van der Waals surface area contributed by atoms with Crippen LogP contribution in [0.15, 0.2) is 78.9 Å². The zero-order chi connectivity index (χ0) is 23.4. The molecule has 0 saturated carbocycles. The van der Waals surface area contributed by atoms with Crippen LogP contribution in [-0.2, 0) is 9.59 Å². The number of rotatable bonds is 6. The summed E-state index contributed by atoms with van der Waals surface area (Å²) >= 11 is 0. The lowest BCUT2D eigenvalue weighted by Gasteiger charge is -2.16. The van der Waals surface area contributed by atoms with E-state index in [-0.39, 0.29) is 41.8 Å². The Morgan fingerprint density at radius 2 is 1.76 bits per heavy atom. The topological polar surface area (TPSA) is 119 Å². The maximum Gasteiger partial charge on any atom is 0.343 e. The second-order valence-electron chi connectivity index (χ2n) is 7.45. The van der Waals surface area contributed by atoms with Gasteiger partial charge in [0, 0.05) is 42.5 Å². The highest BCUT2D eigenvalue weighted by atomic mass is 16.6. The molecule has 0 bridgehead atoms. The molecular weight excluding hydrogens is 426 g/mol. The summed E-state index contributed by atoms with van der Waals surface area (Å²) in [6.07, 6.45) is 0.0994. The number of nitro benzene ring substituents is 1. The monoisotopic (exact) mass is 445 g/mol. The number of nitro groups is 1. The molecule has 1 N–H and O–H groups in total. The van der Waals surface area contributed by atoms with Crippen LogP contribution in [0.1, 0.15) is 16.8 Å². The third-order valence-electron chi connectivity index (χ3n) is 5.17. The van der Waals surface area contributed by atoms with Crippen LogP contribution in [-0.4, -0.2) is 29.3 Å². The maximum absolute atomic E-state index is 12.7. The van der Waals surface area contributed by atoms with Gasteiger partial charge in [-0.3, -0.25) is 19.7 Å². The fraction of sp³-hybridized carbons (Fsp3) is 0.125. The van der Waals surface area contributed by atoms with E-state index in [4.69, 9.17) is 4.74 Å². The predicted molar refractivity (Wildman–Crippen MR) is 120 cm³/mol. The number of esters is 1. The van der Waals surface area contributed by atoms with Crippen LogP contribution in [0.3, 0.4) is 0 Å². The standard InChI is InChI=1S/C24H19N3O6/c28-22-13-17(15-26(22)19-8-2-1-3-9-19)23(29)25-18-7-5-11-21(14-18)33-24(30)16-6-4-10-20(12-16)27(31)32/h1-12,14,17H,13,15H2,(H,25,29)/t17-/m0/s1. The molecule has 4 rings (SSSR count). The minimum absolute atomic E-state index is 0.0316. The molecule has 1 aliphatic rings. The Morgan fingerprint density at radius 3 is 2.52 bits per heavy atom. The number of non-ortho nitro benzene ring substituents is 1. The molecule has 0 spiro atoms. The van der Waals surface area contributed by atoms with E-state index >= 15 is 0 Å². The average molecular weight is 445 g/mol. The molecule has 3 aromatic carbocycles. The van der Waals surface area contributed by atoms with Crippen molar-refractivity contribution in [1.82, 2.24) is 0 Å². The number of nitrogens with zero attached hydrogens (tertiary/aromatic N) is 2. The minimum atomic E-state index is -0.762. The van der Waals surface area contributed by atoms with E-state index in [0.29, 0.717) is 5.69 Å². The van der Waals surface area contributed by atoms with Crippen LogP contribution in [0.25, 0.3) is 0 Å². The van der Waals surface area contributed by atoms with Crippen molar-refractivity contribution in [1.29, 1.82) is 0 Å². The molecule has 1 saturated heterocycles. The van der Waals surface area contributed by atoms with E-state index in [1.165, 1.54) is 30.3 Å². The van der Waals surface area contributed by atoms with Gasteiger partial charge in [0.2, 0.25) is 11.8 Å². The molecule has 0 aromatic heterocycles. The second kappa shape index (κ2) is 9.31. The van der Waals surface area contributed by atoms with Crippen LogP contribution in [0.2, 0.25) is 0 Å². The van der Waals surface area contributed by atoms with Gasteiger partial charge in [0.15, 0.2) is 0 Å². The summed E-state index contributed by atoms with van der Waals surface area (Å²) in [5, 5.41) is 13.7. The van der Waals surface area contributed by atoms with Crippen LogP contribution < -0.4 is 15.0 Å². The van der Waals surface area contributed by atoms with Crippen molar-refractivity contribution in [3.05, 3.63) is 94.5 Å². The molecule has 2 amide bonds. The number of ether oxygens (including phenoxy) is 1. The summed E-state index contributed by atoms with van der Waals surface area (Å²) in [5.41, 5.74) is 0.952. The van der Waals surface area contributed by atoms with Crippen molar-refractivity contribution < 1.29 is 24.0 Å². The number of hydrogen-bond donors (Lipinski definition) is 1. The first-order chi connectivity index (χ1) is 15.9. The first-order valence-electron chi connectivity index (χ1n) is 10.1. The maximum atomic E-state index is 12.7. The Labute approximate surface area is 188 Å². The Bertz CT molecular complexity index is 1230. The van der Waals surface area contributed by atoms with E-state index in [9.17, 15) is 24.5 Å². The van der Waals surface area contributed by atoms with Crippen molar-refractivity contribution in [2.75, 3.05) is 16.8 Å². The summed E-state index contributed by atoms with van der Waals surface area (Å²) in [7, 11) is 0. The third kappa shape index (κ3) is 5.04. The fourth-order valence-electron chi connectivity index (χ4n) is 3.53. The Kier molecular flexibility index (Phi) is 6.12. The molecule has 0 radical (unpaired) electrons. The highest BCUT2D eigenvalue weighted by Crippen LogP contribution is 2.26. The Hall–Kier alpha value is -4.53. The van der Waals surface area contributed by atoms with Crippen molar-refractivity contribution in [3.63, 3.8) is 0 Å². The van der Waals surface area contributed by atoms with Gasteiger partial charge in [-0.25, -0.2) is 4.79 Å². The molecule has 33 heavy (non-hydrogen) atoms. The van der Waals surface area contributed by atoms with Gasteiger partial charge >= 0.3 is 5.97 Å². The van der Waals surface area contributed by atoms with E-state index < -0.39 is 16.8 Å². The average Bonchev–Trinajstić information content (AvgIpc) is 3.22. The SMILES string of the molecule is O=C(Oc1cccc(NC(=O)[C@H]2CC(=O)N(c3ccccc3)C2)c1)c1cccc([N+](=O)[O-])c1. The molecule has 3 aromatic rings. The number of hydrogen-bond acceptors (Lipinski definition) is 6. The quantitative estimate of drug-likeness (QED) is 0.267. The van der Waals surface area contributed by atoms with Crippen molar-refractivity contribution >= 4 is 34.8 Å². The highest BCUT2D eigenvalue weighted by molar-refractivity contribution is 6.03. The number of carbonyl (C=O) groups excluding carboxylic acids is 3. The summed E-state index contributed by atoms with van der Waals surface area (Å²) in [6.45, 7) is 0.274. The van der Waals surface area contributed by atoms with E-state index in [2.05, 4.69) is 5.32 Å². The Morgan fingerprint density at radius 1 is 1.00 bits per heavy atom. The second-order valence-corrected chi connectivity index (χ2v) is 7.45. The normalized spacial score (nSPS) is 15.2. The van der Waals surface area contributed by atoms with Gasteiger partial charge in [-0.1, -0.05) is 30.3 Å². The zero-order valence-corrected chi connectivity index (χ0v) is 17.3. The molecule has 1 aliphatic heterocycles. The Balaban J connectivity index is 1.40. The van der Waals surface area contributed by atoms with Crippen LogP contribution in [0.5, 0.6) is 5.75 Å². The summed E-state index contributed by atoms with van der Waals surface area (Å²) < 4.78 is 5.30. The van der Waals surface area contributed by atoms with Gasteiger partial charge < -0.3 is 15.0 Å². The zero-order valence-electron chi connectivity index (χ0n) is 17.3. The van der Waals surface area contributed by atoms with Gasteiger partial charge in [-0.15, -0.1) is 0 Å². The van der Waals surface area contributed by atoms with Gasteiger partial charge in [0.05, 0.1) is 16.4 Å². The van der Waals surface area contributed by atoms with Crippen LogP contribution in [0, 0.1) is 16.0 Å². The van der Waals surface area contributed by atoms with E-state index in [1.54, 1.807) is 17.0 Å². The molecule has 0 unspecified atom stereocenters. The lowest BCUT2D eigenvalue weighted by molar-refractivity contribution is -0.384. The van der Waals surface area contributed by atoms with E-state index in [1.807, 2.05) is 30.3 Å². The largest absolute Gasteiger partial charge is 0.423 e. The van der Waals surface area contributed by atoms with Crippen LogP contribution in [0.4, 0.5) is 17.1 Å². The lowest BCUT2D eigenvalue weighted by atomic mass is 10.1. The number of nitrogens with one attached hydrogen (secondary N) is 1. The highest BCUT2D eigenvalue weighted by Gasteiger charge is 2.35. The van der Waals surface area contributed by atoms with Crippen molar-refractivity contribution in [3.8, 4) is 5.75 Å². The molecule has 9 nitrogen and oxygen atoms in total. The van der Waals surface area contributed by atoms with Gasteiger partial charge in [0.1, 0.15) is 5.75 Å². The predicted octanol–water partition coefficient (Wildman–Crippen LogP) is 3.81. The molecule has 1 heterocycles. The first kappa shape index (κ1) is 21.7. The fourth-order valence-corrected chi connectivity index (χ4v) is 3.53. The number of para-hydroxylation sites is 1. The lowest BCUT2D eigenvalue weighted by Crippen LogP contribution is -2.28. The summed E-state index contributed by atoms with van der Waals surface area (Å²) in [4.78, 5) is 49.3. The van der Waals surface area contributed by atoms with Gasteiger partial charge in [-0.2, -0.15) is 0 Å². The molecule has 1 atom stereocenters. The number of anilines is 2. The molecular formula is C24H19N3O6. The number of benzene rings is 3. The molecule has 1 fully saturated rings. The van der Waals surface area contributed by atoms with Gasteiger partial charge in [-0.05, 0) is 30.3 Å². The number of amides is 2. The smallest absolute Gasteiger partial charge is 0.343 e. The van der Waals surface area contributed by atoms with E-state index in [0.717, 1.165) is 11.8 Å². The molecule has 0 aliphatic carbocycles. The molecule has 166 valence electrons. The molecule has 9 heteroatoms. The van der Waals surface area contributed by atoms with Crippen LogP contribution >= 0.6 is 0 Å². The third-order valence-corrected chi connectivity index (χ3v) is 5.17. The minimum Gasteiger partial charge on any atom is -0.423 e. The first-order valence-corrected chi connectivity index (χ1v) is 10.1. The van der Waals surface area contributed by atoms with Gasteiger partial charge in [0.25, 0.3) is 5.69 Å². The van der Waals surface area contributed by atoms with Crippen molar-refractivity contribution in [2.24, 2.45) is 5.92 Å². The summed E-state index contributed by atoms with van der Waals surface area (Å²) in [6, 6.07) is 20.6. The summed E-state index contributed by atoms with van der Waals surface area (Å²) in [5.74, 6) is -1.56. The van der Waals surface area contributed by atoms with Crippen molar-refractivity contribution in [2.45, 2.75) is 6.42 Å².